The van der Waals surface area contributed by atoms with Crippen LogP contribution in [0.4, 0.5) is 0 Å². The maximum atomic E-state index is 12.4. The van der Waals surface area contributed by atoms with Crippen molar-refractivity contribution < 1.29 is 4.79 Å². The van der Waals surface area contributed by atoms with Gasteiger partial charge in [0.15, 0.2) is 0 Å². The Morgan fingerprint density at radius 3 is 2.00 bits per heavy atom. The lowest BCUT2D eigenvalue weighted by Gasteiger charge is -2.37. The predicted octanol–water partition coefficient (Wildman–Crippen LogP) is 3.23. The van der Waals surface area contributed by atoms with Gasteiger partial charge in [-0.15, -0.1) is 0 Å². The van der Waals surface area contributed by atoms with Crippen molar-refractivity contribution in [3.05, 3.63) is 0 Å². The molecule has 116 valence electrons. The highest BCUT2D eigenvalue weighted by atomic mass is 16.1. The molecule has 2 rings (SSSR count). The lowest BCUT2D eigenvalue weighted by molar-refractivity contribution is -0.127. The lowest BCUT2D eigenvalue weighted by atomic mass is 9.69. The summed E-state index contributed by atoms with van der Waals surface area (Å²) in [4.78, 5) is 12.4. The Hall–Kier alpha value is -0.570. The summed E-state index contributed by atoms with van der Waals surface area (Å²) in [5.74, 6) is 1.33. The van der Waals surface area contributed by atoms with Crippen LogP contribution in [0.15, 0.2) is 0 Å². The van der Waals surface area contributed by atoms with E-state index in [1.165, 1.54) is 12.8 Å². The summed E-state index contributed by atoms with van der Waals surface area (Å²) >= 11 is 0. The molecule has 3 heteroatoms. The van der Waals surface area contributed by atoms with Gasteiger partial charge in [-0.05, 0) is 62.7 Å². The van der Waals surface area contributed by atoms with Crippen molar-refractivity contribution in [2.24, 2.45) is 23.0 Å². The molecule has 0 aliphatic heterocycles. The van der Waals surface area contributed by atoms with Gasteiger partial charge in [-0.25, -0.2) is 0 Å². The highest BCUT2D eigenvalue weighted by molar-refractivity contribution is 5.79. The van der Waals surface area contributed by atoms with Gasteiger partial charge in [-0.3, -0.25) is 4.79 Å². The molecule has 3 nitrogen and oxygen atoms in total. The van der Waals surface area contributed by atoms with E-state index >= 15 is 0 Å². The molecular formula is C17H32N2O. The monoisotopic (exact) mass is 280 g/mol. The molecule has 3 N–H and O–H groups in total. The van der Waals surface area contributed by atoms with Gasteiger partial charge in [-0.1, -0.05) is 20.8 Å². The highest BCUT2D eigenvalue weighted by Crippen LogP contribution is 2.39. The Labute approximate surface area is 124 Å². The third-order valence-electron chi connectivity index (χ3n) is 5.44. The van der Waals surface area contributed by atoms with Gasteiger partial charge in [-0.2, -0.15) is 0 Å². The van der Waals surface area contributed by atoms with Crippen LogP contribution in [0.5, 0.6) is 0 Å². The van der Waals surface area contributed by atoms with E-state index in [-0.39, 0.29) is 5.92 Å². The largest absolute Gasteiger partial charge is 0.353 e. The molecule has 2 fully saturated rings. The molecular weight excluding hydrogens is 248 g/mol. The molecule has 0 radical (unpaired) electrons. The number of hydrogen-bond acceptors (Lipinski definition) is 2. The van der Waals surface area contributed by atoms with E-state index in [1.54, 1.807) is 0 Å². The zero-order chi connectivity index (χ0) is 14.8. The van der Waals surface area contributed by atoms with Gasteiger partial charge in [0.25, 0.3) is 0 Å². The number of nitrogens with two attached hydrogens (primary N) is 1. The first-order chi connectivity index (χ1) is 9.36. The Morgan fingerprint density at radius 1 is 0.950 bits per heavy atom. The molecule has 2 saturated carbocycles. The topological polar surface area (TPSA) is 55.1 Å². The van der Waals surface area contributed by atoms with Crippen molar-refractivity contribution in [2.75, 3.05) is 0 Å². The second-order valence-electron chi connectivity index (χ2n) is 8.03. The van der Waals surface area contributed by atoms with Crippen LogP contribution >= 0.6 is 0 Å². The van der Waals surface area contributed by atoms with Crippen LogP contribution in [0.25, 0.3) is 0 Å². The van der Waals surface area contributed by atoms with E-state index in [2.05, 4.69) is 26.1 Å². The standard InChI is InChI=1S/C17H32N2O/c1-17(2,3)13-6-4-12(5-7-13)16(20)19-15-10-8-14(18)9-11-15/h12-15H,4-11,18H2,1-3H3,(H,19,20). The maximum Gasteiger partial charge on any atom is 0.223 e. The molecule has 20 heavy (non-hydrogen) atoms. The van der Waals surface area contributed by atoms with E-state index in [4.69, 9.17) is 5.73 Å². The molecule has 0 aromatic rings. The quantitative estimate of drug-likeness (QED) is 0.816. The number of nitrogens with one attached hydrogen (secondary N) is 1. The van der Waals surface area contributed by atoms with Gasteiger partial charge in [0, 0.05) is 18.0 Å². The molecule has 2 aliphatic rings. The fourth-order valence-corrected chi connectivity index (χ4v) is 3.80. The third-order valence-corrected chi connectivity index (χ3v) is 5.44. The van der Waals surface area contributed by atoms with E-state index in [0.29, 0.717) is 23.4 Å². The minimum Gasteiger partial charge on any atom is -0.353 e. The maximum absolute atomic E-state index is 12.4. The molecule has 0 aromatic carbocycles. The normalized spacial score (nSPS) is 35.6. The summed E-state index contributed by atoms with van der Waals surface area (Å²) in [6.45, 7) is 6.97. The molecule has 0 aromatic heterocycles. The smallest absolute Gasteiger partial charge is 0.223 e. The summed E-state index contributed by atoms with van der Waals surface area (Å²) in [7, 11) is 0. The van der Waals surface area contributed by atoms with Crippen LogP contribution in [0.3, 0.4) is 0 Å². The lowest BCUT2D eigenvalue weighted by Crippen LogP contribution is -2.44. The number of carbonyl (C=O) groups is 1. The molecule has 2 aliphatic carbocycles. The fraction of sp³-hybridized carbons (Fsp3) is 0.941. The molecule has 0 unspecified atom stereocenters. The fourth-order valence-electron chi connectivity index (χ4n) is 3.80. The van der Waals surface area contributed by atoms with Crippen molar-refractivity contribution in [3.8, 4) is 0 Å². The van der Waals surface area contributed by atoms with Crippen LogP contribution in [0.2, 0.25) is 0 Å². The minimum atomic E-state index is 0.254. The first kappa shape index (κ1) is 15.8. The van der Waals surface area contributed by atoms with Gasteiger partial charge in [0.1, 0.15) is 0 Å². The number of carbonyl (C=O) groups excluding carboxylic acids is 1. The second kappa shape index (κ2) is 6.46. The summed E-state index contributed by atoms with van der Waals surface area (Å²) in [5, 5.41) is 3.27. The van der Waals surface area contributed by atoms with Gasteiger partial charge < -0.3 is 11.1 Å². The third kappa shape index (κ3) is 4.21. The SMILES string of the molecule is CC(C)(C)C1CCC(C(=O)NC2CCC(N)CC2)CC1. The summed E-state index contributed by atoms with van der Waals surface area (Å²) in [5.41, 5.74) is 6.30. The summed E-state index contributed by atoms with van der Waals surface area (Å²) in [6, 6.07) is 0.730. The van der Waals surface area contributed by atoms with Crippen molar-refractivity contribution >= 4 is 5.91 Å². The molecule has 0 bridgehead atoms. The van der Waals surface area contributed by atoms with Gasteiger partial charge >= 0.3 is 0 Å². The minimum absolute atomic E-state index is 0.254. The second-order valence-corrected chi connectivity index (χ2v) is 8.03. The first-order valence-corrected chi connectivity index (χ1v) is 8.42. The van der Waals surface area contributed by atoms with Crippen molar-refractivity contribution in [2.45, 2.75) is 84.2 Å². The van der Waals surface area contributed by atoms with Crippen molar-refractivity contribution in [1.82, 2.24) is 5.32 Å². The molecule has 0 heterocycles. The Kier molecular flexibility index (Phi) is 5.11. The molecule has 0 spiro atoms. The average Bonchev–Trinajstić information content (AvgIpc) is 2.40. The van der Waals surface area contributed by atoms with Crippen LogP contribution in [0, 0.1) is 17.3 Å². The van der Waals surface area contributed by atoms with Crippen LogP contribution in [-0.4, -0.2) is 18.0 Å². The van der Waals surface area contributed by atoms with Crippen molar-refractivity contribution in [3.63, 3.8) is 0 Å². The van der Waals surface area contributed by atoms with Crippen LogP contribution in [0.1, 0.15) is 72.1 Å². The van der Waals surface area contributed by atoms with E-state index in [9.17, 15) is 4.79 Å². The van der Waals surface area contributed by atoms with Crippen LogP contribution < -0.4 is 11.1 Å². The zero-order valence-electron chi connectivity index (χ0n) is 13.5. The average molecular weight is 280 g/mol. The van der Waals surface area contributed by atoms with E-state index in [1.807, 2.05) is 0 Å². The predicted molar refractivity (Wildman–Crippen MR) is 83.3 cm³/mol. The zero-order valence-corrected chi connectivity index (χ0v) is 13.5. The molecule has 1 amide bonds. The van der Waals surface area contributed by atoms with E-state index < -0.39 is 0 Å². The summed E-state index contributed by atoms with van der Waals surface area (Å²) in [6.07, 6.45) is 8.78. The summed E-state index contributed by atoms with van der Waals surface area (Å²) < 4.78 is 0. The number of rotatable bonds is 2. The molecule has 0 saturated heterocycles. The van der Waals surface area contributed by atoms with Crippen LogP contribution in [-0.2, 0) is 4.79 Å². The van der Waals surface area contributed by atoms with Crippen molar-refractivity contribution in [1.29, 1.82) is 0 Å². The Balaban J connectivity index is 1.75. The van der Waals surface area contributed by atoms with E-state index in [0.717, 1.165) is 44.4 Å². The molecule has 0 atom stereocenters. The van der Waals surface area contributed by atoms with Gasteiger partial charge in [0.05, 0.1) is 0 Å². The Morgan fingerprint density at radius 2 is 1.50 bits per heavy atom. The highest BCUT2D eigenvalue weighted by Gasteiger charge is 2.33. The first-order valence-electron chi connectivity index (χ1n) is 8.42. The van der Waals surface area contributed by atoms with Gasteiger partial charge in [0.2, 0.25) is 5.91 Å². The number of hydrogen-bond donors (Lipinski definition) is 2. The Bertz CT molecular complexity index is 318. The number of amides is 1.